The molecule has 0 fully saturated rings. The van der Waals surface area contributed by atoms with E-state index < -0.39 is 23.8 Å². The molecule has 0 saturated heterocycles. The highest BCUT2D eigenvalue weighted by Crippen LogP contribution is 2.19. The predicted octanol–water partition coefficient (Wildman–Crippen LogP) is 1.02. The maximum Gasteiger partial charge on any atom is 0.340 e. The highest BCUT2D eigenvalue weighted by Gasteiger charge is 2.35. The Hall–Kier alpha value is -1.92. The molecule has 0 amide bonds. The standard InChI is InChI=1S/C13H16O6/c1-3-13(18,8(2)14)19-12(17)10-6-4-5-9(7-10)11(15)16/h4-8,14,18H,3H2,1-2H3,(H,15,16). The van der Waals surface area contributed by atoms with E-state index in [9.17, 15) is 19.8 Å². The van der Waals surface area contributed by atoms with E-state index in [4.69, 9.17) is 9.84 Å². The molecule has 0 bridgehead atoms. The average molecular weight is 268 g/mol. The number of hydrogen-bond acceptors (Lipinski definition) is 5. The Kier molecular flexibility index (Phi) is 4.63. The highest BCUT2D eigenvalue weighted by molar-refractivity contribution is 5.94. The normalized spacial score (nSPS) is 15.4. The molecule has 0 heterocycles. The number of esters is 1. The van der Waals surface area contributed by atoms with Crippen molar-refractivity contribution in [2.45, 2.75) is 32.2 Å². The van der Waals surface area contributed by atoms with Crippen LogP contribution in [0.1, 0.15) is 41.0 Å². The van der Waals surface area contributed by atoms with Gasteiger partial charge >= 0.3 is 11.9 Å². The lowest BCUT2D eigenvalue weighted by molar-refractivity contribution is -0.220. The number of carboxylic acid groups (broad SMARTS) is 1. The first-order valence-electron chi connectivity index (χ1n) is 5.77. The molecule has 1 aromatic carbocycles. The van der Waals surface area contributed by atoms with Crippen LogP contribution in [0.2, 0.25) is 0 Å². The first-order chi connectivity index (χ1) is 8.80. The van der Waals surface area contributed by atoms with Crippen LogP contribution in [0.25, 0.3) is 0 Å². The Balaban J connectivity index is 2.95. The van der Waals surface area contributed by atoms with Gasteiger partial charge in [0.1, 0.15) is 6.10 Å². The van der Waals surface area contributed by atoms with Crippen LogP contribution >= 0.6 is 0 Å². The molecular weight excluding hydrogens is 252 g/mol. The summed E-state index contributed by atoms with van der Waals surface area (Å²) in [5, 5.41) is 28.1. The van der Waals surface area contributed by atoms with Gasteiger partial charge in [-0.1, -0.05) is 13.0 Å². The molecule has 0 radical (unpaired) electrons. The van der Waals surface area contributed by atoms with Crippen molar-refractivity contribution in [1.29, 1.82) is 0 Å². The summed E-state index contributed by atoms with van der Waals surface area (Å²) >= 11 is 0. The van der Waals surface area contributed by atoms with Crippen molar-refractivity contribution in [3.63, 3.8) is 0 Å². The molecule has 6 heteroatoms. The summed E-state index contributed by atoms with van der Waals surface area (Å²) in [6.07, 6.45) is -1.25. The van der Waals surface area contributed by atoms with E-state index in [2.05, 4.69) is 0 Å². The van der Waals surface area contributed by atoms with Crippen LogP contribution in [0.15, 0.2) is 24.3 Å². The monoisotopic (exact) mass is 268 g/mol. The number of aliphatic hydroxyl groups excluding tert-OH is 1. The zero-order valence-corrected chi connectivity index (χ0v) is 10.7. The second-order valence-corrected chi connectivity index (χ2v) is 4.15. The van der Waals surface area contributed by atoms with Gasteiger partial charge in [0.25, 0.3) is 0 Å². The zero-order chi connectivity index (χ0) is 14.6. The molecule has 0 spiro atoms. The summed E-state index contributed by atoms with van der Waals surface area (Å²) in [5.41, 5.74) is -0.0704. The maximum absolute atomic E-state index is 11.8. The summed E-state index contributed by atoms with van der Waals surface area (Å²) in [6, 6.07) is 5.24. The zero-order valence-electron chi connectivity index (χ0n) is 10.7. The molecule has 19 heavy (non-hydrogen) atoms. The Morgan fingerprint density at radius 1 is 1.37 bits per heavy atom. The van der Waals surface area contributed by atoms with Gasteiger partial charge in [-0.05, 0) is 25.1 Å². The first-order valence-corrected chi connectivity index (χ1v) is 5.77. The van der Waals surface area contributed by atoms with Gasteiger partial charge in [-0.15, -0.1) is 0 Å². The molecule has 0 aliphatic heterocycles. The topological polar surface area (TPSA) is 104 Å². The third kappa shape index (κ3) is 3.52. The van der Waals surface area contributed by atoms with Crippen LogP contribution < -0.4 is 0 Å². The van der Waals surface area contributed by atoms with Crippen LogP contribution in [0.5, 0.6) is 0 Å². The van der Waals surface area contributed by atoms with Gasteiger partial charge in [0, 0.05) is 6.42 Å². The smallest absolute Gasteiger partial charge is 0.340 e. The quantitative estimate of drug-likeness (QED) is 0.544. The van der Waals surface area contributed by atoms with Gasteiger partial charge in [-0.3, -0.25) is 0 Å². The van der Waals surface area contributed by atoms with E-state index in [0.29, 0.717) is 0 Å². The number of benzene rings is 1. The van der Waals surface area contributed by atoms with Crippen molar-refractivity contribution in [3.8, 4) is 0 Å². The van der Waals surface area contributed by atoms with Crippen molar-refractivity contribution in [3.05, 3.63) is 35.4 Å². The van der Waals surface area contributed by atoms with Gasteiger partial charge in [0.15, 0.2) is 0 Å². The second-order valence-electron chi connectivity index (χ2n) is 4.15. The SMILES string of the molecule is CCC(O)(OC(=O)c1cccc(C(=O)O)c1)C(C)O. The van der Waals surface area contributed by atoms with E-state index in [1.165, 1.54) is 25.1 Å². The van der Waals surface area contributed by atoms with Gasteiger partial charge in [0.05, 0.1) is 11.1 Å². The largest absolute Gasteiger partial charge is 0.478 e. The lowest BCUT2D eigenvalue weighted by Gasteiger charge is -2.29. The minimum Gasteiger partial charge on any atom is -0.478 e. The average Bonchev–Trinajstić information content (AvgIpc) is 2.38. The molecule has 2 unspecified atom stereocenters. The number of aliphatic hydroxyl groups is 2. The molecule has 0 aliphatic rings. The van der Waals surface area contributed by atoms with E-state index in [1.54, 1.807) is 6.92 Å². The number of rotatable bonds is 5. The van der Waals surface area contributed by atoms with Crippen molar-refractivity contribution in [2.24, 2.45) is 0 Å². The van der Waals surface area contributed by atoms with E-state index in [-0.39, 0.29) is 17.5 Å². The summed E-state index contributed by atoms with van der Waals surface area (Å²) in [6.45, 7) is 2.85. The Bertz CT molecular complexity index is 482. The lowest BCUT2D eigenvalue weighted by Crippen LogP contribution is -2.44. The number of carbonyl (C=O) groups is 2. The molecule has 104 valence electrons. The van der Waals surface area contributed by atoms with E-state index in [0.717, 1.165) is 6.07 Å². The number of ether oxygens (including phenoxy) is 1. The third-order valence-corrected chi connectivity index (χ3v) is 2.77. The molecule has 1 rings (SSSR count). The van der Waals surface area contributed by atoms with Crippen molar-refractivity contribution in [2.75, 3.05) is 0 Å². The Morgan fingerprint density at radius 2 is 1.95 bits per heavy atom. The van der Waals surface area contributed by atoms with Crippen LogP contribution in [-0.4, -0.2) is 39.1 Å². The van der Waals surface area contributed by atoms with Crippen molar-refractivity contribution in [1.82, 2.24) is 0 Å². The highest BCUT2D eigenvalue weighted by atomic mass is 16.7. The first kappa shape index (κ1) is 15.1. The van der Waals surface area contributed by atoms with Gasteiger partial charge < -0.3 is 20.1 Å². The Morgan fingerprint density at radius 3 is 2.42 bits per heavy atom. The van der Waals surface area contributed by atoms with E-state index >= 15 is 0 Å². The molecule has 0 aromatic heterocycles. The molecule has 3 N–H and O–H groups in total. The summed E-state index contributed by atoms with van der Waals surface area (Å²) in [4.78, 5) is 22.6. The Labute approximate surface area is 110 Å². The third-order valence-electron chi connectivity index (χ3n) is 2.77. The van der Waals surface area contributed by atoms with Crippen molar-refractivity contribution >= 4 is 11.9 Å². The number of carboxylic acids is 1. The molecule has 0 aliphatic carbocycles. The summed E-state index contributed by atoms with van der Waals surface area (Å²) in [5.74, 6) is -4.06. The fourth-order valence-electron chi connectivity index (χ4n) is 1.45. The fourth-order valence-corrected chi connectivity index (χ4v) is 1.45. The minimum absolute atomic E-state index is 0.00701. The fraction of sp³-hybridized carbons (Fsp3) is 0.385. The molecular formula is C13H16O6. The summed E-state index contributed by atoms with van der Waals surface area (Å²) < 4.78 is 4.84. The van der Waals surface area contributed by atoms with Crippen LogP contribution in [-0.2, 0) is 4.74 Å². The van der Waals surface area contributed by atoms with Gasteiger partial charge in [-0.2, -0.15) is 0 Å². The maximum atomic E-state index is 11.8. The van der Waals surface area contributed by atoms with Crippen LogP contribution in [0, 0.1) is 0 Å². The van der Waals surface area contributed by atoms with Crippen LogP contribution in [0.3, 0.4) is 0 Å². The molecule has 2 atom stereocenters. The van der Waals surface area contributed by atoms with Crippen molar-refractivity contribution < 1.29 is 29.6 Å². The van der Waals surface area contributed by atoms with Gasteiger partial charge in [0.2, 0.25) is 5.79 Å². The lowest BCUT2D eigenvalue weighted by atomic mass is 10.1. The number of aromatic carboxylic acids is 1. The number of hydrogen-bond donors (Lipinski definition) is 3. The minimum atomic E-state index is -1.99. The van der Waals surface area contributed by atoms with Gasteiger partial charge in [-0.25, -0.2) is 9.59 Å². The number of carbonyl (C=O) groups excluding carboxylic acids is 1. The summed E-state index contributed by atoms with van der Waals surface area (Å²) in [7, 11) is 0. The molecule has 0 saturated carbocycles. The van der Waals surface area contributed by atoms with Crippen LogP contribution in [0.4, 0.5) is 0 Å². The molecule has 6 nitrogen and oxygen atoms in total. The molecule has 1 aromatic rings. The second kappa shape index (κ2) is 5.81. The van der Waals surface area contributed by atoms with E-state index in [1.807, 2.05) is 0 Å². The predicted molar refractivity (Wildman–Crippen MR) is 65.7 cm³/mol.